The van der Waals surface area contributed by atoms with Crippen LogP contribution < -0.4 is 11.1 Å². The molecule has 0 bridgehead atoms. The van der Waals surface area contributed by atoms with Crippen molar-refractivity contribution in [1.29, 1.82) is 0 Å². The van der Waals surface area contributed by atoms with Crippen LogP contribution in [0.2, 0.25) is 0 Å². The standard InChI is InChI=1S/C18H35N3O/c1-2-11-20-14-16(13-15-8-4-3-5-9-15)17-10-6-7-12-21(17)18(19)22/h15-17,20H,2-14H2,1H3,(H2,19,22). The number of nitrogens with two attached hydrogens (primary N) is 1. The maximum absolute atomic E-state index is 11.8. The number of primary amides is 1. The smallest absolute Gasteiger partial charge is 0.315 e. The van der Waals surface area contributed by atoms with Gasteiger partial charge in [0.05, 0.1) is 0 Å². The van der Waals surface area contributed by atoms with Crippen LogP contribution in [0.25, 0.3) is 0 Å². The van der Waals surface area contributed by atoms with Gasteiger partial charge in [0.1, 0.15) is 0 Å². The van der Waals surface area contributed by atoms with Gasteiger partial charge in [0.15, 0.2) is 0 Å². The van der Waals surface area contributed by atoms with E-state index in [1.165, 1.54) is 51.4 Å². The SMILES string of the molecule is CCCNCC(CC1CCCCC1)C1CCCCN1C(N)=O. The van der Waals surface area contributed by atoms with Crippen LogP contribution in [0.15, 0.2) is 0 Å². The highest BCUT2D eigenvalue weighted by Crippen LogP contribution is 2.33. The Labute approximate surface area is 136 Å². The van der Waals surface area contributed by atoms with Gasteiger partial charge in [-0.2, -0.15) is 0 Å². The number of carbonyl (C=O) groups is 1. The third-order valence-electron chi connectivity index (χ3n) is 5.57. The average Bonchev–Trinajstić information content (AvgIpc) is 2.55. The number of piperidine rings is 1. The highest BCUT2D eigenvalue weighted by Gasteiger charge is 2.33. The molecule has 2 unspecified atom stereocenters. The summed E-state index contributed by atoms with van der Waals surface area (Å²) in [6.07, 6.45) is 12.9. The quantitative estimate of drug-likeness (QED) is 0.707. The van der Waals surface area contributed by atoms with Crippen molar-refractivity contribution in [3.05, 3.63) is 0 Å². The van der Waals surface area contributed by atoms with Gasteiger partial charge >= 0.3 is 6.03 Å². The number of nitrogens with one attached hydrogen (secondary N) is 1. The molecular formula is C18H35N3O. The van der Waals surface area contributed by atoms with E-state index in [0.29, 0.717) is 12.0 Å². The number of carbonyl (C=O) groups excluding carboxylic acids is 1. The predicted octanol–water partition coefficient (Wildman–Crippen LogP) is 3.51. The molecule has 1 aliphatic carbocycles. The van der Waals surface area contributed by atoms with Crippen molar-refractivity contribution in [3.8, 4) is 0 Å². The molecule has 4 nitrogen and oxygen atoms in total. The molecule has 1 aliphatic heterocycles. The van der Waals surface area contributed by atoms with Gasteiger partial charge in [-0.05, 0) is 57.0 Å². The second-order valence-corrected chi connectivity index (χ2v) is 7.30. The summed E-state index contributed by atoms with van der Waals surface area (Å²) in [5, 5.41) is 3.60. The third kappa shape index (κ3) is 5.15. The van der Waals surface area contributed by atoms with Gasteiger partial charge in [-0.1, -0.05) is 39.0 Å². The molecule has 1 saturated carbocycles. The average molecular weight is 309 g/mol. The van der Waals surface area contributed by atoms with E-state index in [2.05, 4.69) is 12.2 Å². The fraction of sp³-hybridized carbons (Fsp3) is 0.944. The fourth-order valence-electron chi connectivity index (χ4n) is 4.41. The number of urea groups is 1. The molecule has 2 rings (SSSR count). The van der Waals surface area contributed by atoms with Crippen molar-refractivity contribution < 1.29 is 4.79 Å². The number of amides is 2. The van der Waals surface area contributed by atoms with Crippen LogP contribution in [0.5, 0.6) is 0 Å². The van der Waals surface area contributed by atoms with Gasteiger partial charge in [-0.15, -0.1) is 0 Å². The minimum absolute atomic E-state index is 0.214. The summed E-state index contributed by atoms with van der Waals surface area (Å²) in [5.74, 6) is 1.43. The molecule has 0 aromatic heterocycles. The van der Waals surface area contributed by atoms with Crippen molar-refractivity contribution in [1.82, 2.24) is 10.2 Å². The highest BCUT2D eigenvalue weighted by atomic mass is 16.2. The van der Waals surface area contributed by atoms with Crippen molar-refractivity contribution in [3.63, 3.8) is 0 Å². The Hall–Kier alpha value is -0.770. The molecule has 3 N–H and O–H groups in total. The van der Waals surface area contributed by atoms with E-state index < -0.39 is 0 Å². The third-order valence-corrected chi connectivity index (χ3v) is 5.57. The van der Waals surface area contributed by atoms with Crippen molar-refractivity contribution in [2.24, 2.45) is 17.6 Å². The van der Waals surface area contributed by atoms with Gasteiger partial charge in [0.25, 0.3) is 0 Å². The minimum atomic E-state index is -0.214. The van der Waals surface area contributed by atoms with Crippen molar-refractivity contribution in [2.45, 2.75) is 77.2 Å². The summed E-state index contributed by atoms with van der Waals surface area (Å²) in [6, 6.07) is 0.145. The molecule has 2 aliphatic rings. The summed E-state index contributed by atoms with van der Waals surface area (Å²) in [6.45, 7) is 5.18. The largest absolute Gasteiger partial charge is 0.351 e. The summed E-state index contributed by atoms with van der Waals surface area (Å²) < 4.78 is 0. The second-order valence-electron chi connectivity index (χ2n) is 7.30. The Morgan fingerprint density at radius 3 is 2.59 bits per heavy atom. The maximum atomic E-state index is 11.8. The van der Waals surface area contributed by atoms with Crippen LogP contribution in [0.4, 0.5) is 4.79 Å². The highest BCUT2D eigenvalue weighted by molar-refractivity contribution is 5.72. The topological polar surface area (TPSA) is 58.4 Å². The van der Waals surface area contributed by atoms with E-state index in [0.717, 1.165) is 38.4 Å². The summed E-state index contributed by atoms with van der Waals surface area (Å²) >= 11 is 0. The number of hydrogen-bond acceptors (Lipinski definition) is 2. The van der Waals surface area contributed by atoms with Crippen molar-refractivity contribution >= 4 is 6.03 Å². The first-order valence-corrected chi connectivity index (χ1v) is 9.49. The monoisotopic (exact) mass is 309 g/mol. The first-order valence-electron chi connectivity index (χ1n) is 9.49. The molecule has 0 spiro atoms. The van der Waals surface area contributed by atoms with E-state index in [-0.39, 0.29) is 6.03 Å². The van der Waals surface area contributed by atoms with Gasteiger partial charge in [-0.25, -0.2) is 4.79 Å². The molecule has 1 heterocycles. The van der Waals surface area contributed by atoms with Crippen LogP contribution >= 0.6 is 0 Å². The van der Waals surface area contributed by atoms with E-state index in [9.17, 15) is 4.79 Å². The molecule has 1 saturated heterocycles. The Bertz CT molecular complexity index is 328. The van der Waals surface area contributed by atoms with E-state index in [4.69, 9.17) is 5.73 Å². The van der Waals surface area contributed by atoms with Gasteiger partial charge < -0.3 is 16.0 Å². The first-order chi connectivity index (χ1) is 10.7. The molecule has 22 heavy (non-hydrogen) atoms. The molecule has 128 valence electrons. The predicted molar refractivity (Wildman–Crippen MR) is 91.8 cm³/mol. The lowest BCUT2D eigenvalue weighted by molar-refractivity contribution is 0.107. The van der Waals surface area contributed by atoms with Crippen LogP contribution in [0.3, 0.4) is 0 Å². The zero-order valence-electron chi connectivity index (χ0n) is 14.4. The van der Waals surface area contributed by atoms with Crippen LogP contribution in [0, 0.1) is 11.8 Å². The number of nitrogens with zero attached hydrogens (tertiary/aromatic N) is 1. The van der Waals surface area contributed by atoms with Crippen molar-refractivity contribution in [2.75, 3.05) is 19.6 Å². The summed E-state index contributed by atoms with van der Waals surface area (Å²) in [7, 11) is 0. The maximum Gasteiger partial charge on any atom is 0.315 e. The lowest BCUT2D eigenvalue weighted by atomic mass is 9.78. The molecule has 2 atom stereocenters. The lowest BCUT2D eigenvalue weighted by Gasteiger charge is -2.41. The van der Waals surface area contributed by atoms with Crippen LogP contribution in [0.1, 0.15) is 71.1 Å². The molecule has 2 fully saturated rings. The Balaban J connectivity index is 1.98. The van der Waals surface area contributed by atoms with Crippen LogP contribution in [-0.2, 0) is 0 Å². The molecule has 0 aromatic carbocycles. The number of rotatable bonds is 7. The second kappa shape index (κ2) is 9.39. The Kier molecular flexibility index (Phi) is 7.50. The molecule has 0 aromatic rings. The van der Waals surface area contributed by atoms with E-state index in [1.54, 1.807) is 0 Å². The van der Waals surface area contributed by atoms with E-state index in [1.807, 2.05) is 4.90 Å². The van der Waals surface area contributed by atoms with E-state index >= 15 is 0 Å². The molecule has 4 heteroatoms. The number of hydrogen-bond donors (Lipinski definition) is 2. The normalized spacial score (nSPS) is 25.1. The molecular weight excluding hydrogens is 274 g/mol. The molecule has 0 radical (unpaired) electrons. The lowest BCUT2D eigenvalue weighted by Crippen LogP contribution is -2.52. The van der Waals surface area contributed by atoms with Gasteiger partial charge in [0.2, 0.25) is 0 Å². The zero-order valence-corrected chi connectivity index (χ0v) is 14.4. The molecule has 2 amide bonds. The summed E-state index contributed by atoms with van der Waals surface area (Å²) in [5.41, 5.74) is 5.65. The van der Waals surface area contributed by atoms with Gasteiger partial charge in [0, 0.05) is 12.6 Å². The fourth-order valence-corrected chi connectivity index (χ4v) is 4.41. The van der Waals surface area contributed by atoms with Crippen LogP contribution in [-0.4, -0.2) is 36.6 Å². The zero-order chi connectivity index (χ0) is 15.8. The first kappa shape index (κ1) is 17.6. The Morgan fingerprint density at radius 1 is 1.18 bits per heavy atom. The summed E-state index contributed by atoms with van der Waals surface area (Å²) in [4.78, 5) is 13.8. The minimum Gasteiger partial charge on any atom is -0.351 e. The van der Waals surface area contributed by atoms with Gasteiger partial charge in [-0.3, -0.25) is 0 Å². The Morgan fingerprint density at radius 2 is 1.91 bits per heavy atom. The number of likely N-dealkylation sites (tertiary alicyclic amines) is 1.